The third-order valence-corrected chi connectivity index (χ3v) is 11.8. The summed E-state index contributed by atoms with van der Waals surface area (Å²) in [4.78, 5) is 0. The lowest BCUT2D eigenvalue weighted by Crippen LogP contribution is -2.53. The molecular formula is C31H48O5. The van der Waals surface area contributed by atoms with Gasteiger partial charge in [0.25, 0.3) is 0 Å². The largest absolute Gasteiger partial charge is 0.373 e. The first-order valence-corrected chi connectivity index (χ1v) is 15.4. The van der Waals surface area contributed by atoms with E-state index in [-0.39, 0.29) is 18.0 Å². The van der Waals surface area contributed by atoms with E-state index in [4.69, 9.17) is 23.7 Å². The molecule has 5 heteroatoms. The van der Waals surface area contributed by atoms with E-state index in [1.54, 1.807) is 5.57 Å². The normalized spacial score (nSPS) is 52.6. The number of hydrogen-bond acceptors (Lipinski definition) is 5. The Morgan fingerprint density at radius 2 is 1.58 bits per heavy atom. The van der Waals surface area contributed by atoms with Gasteiger partial charge in [0.2, 0.25) is 0 Å². The number of ether oxygens (including phenoxy) is 5. The highest BCUT2D eigenvalue weighted by Crippen LogP contribution is 2.68. The van der Waals surface area contributed by atoms with E-state index in [0.29, 0.717) is 35.6 Å². The minimum Gasteiger partial charge on any atom is -0.373 e. The van der Waals surface area contributed by atoms with E-state index in [2.05, 4.69) is 19.9 Å². The zero-order valence-electron chi connectivity index (χ0n) is 22.6. The second kappa shape index (κ2) is 9.62. The molecule has 3 saturated carbocycles. The van der Waals surface area contributed by atoms with Crippen molar-refractivity contribution >= 4 is 0 Å². The van der Waals surface area contributed by atoms with Crippen LogP contribution in [-0.2, 0) is 23.7 Å². The monoisotopic (exact) mass is 500 g/mol. The molecule has 202 valence electrons. The van der Waals surface area contributed by atoms with Gasteiger partial charge in [-0.05, 0) is 118 Å². The lowest BCUT2D eigenvalue weighted by Gasteiger charge is -2.58. The van der Waals surface area contributed by atoms with Crippen molar-refractivity contribution in [2.45, 2.75) is 128 Å². The van der Waals surface area contributed by atoms with E-state index in [1.807, 2.05) is 0 Å². The number of hydrogen-bond donors (Lipinski definition) is 0. The Labute approximate surface area is 218 Å². The van der Waals surface area contributed by atoms with Crippen molar-refractivity contribution in [3.05, 3.63) is 11.6 Å². The van der Waals surface area contributed by atoms with E-state index in [9.17, 15) is 0 Å². The maximum atomic E-state index is 6.81. The highest BCUT2D eigenvalue weighted by atomic mass is 16.7. The van der Waals surface area contributed by atoms with Crippen LogP contribution in [0.25, 0.3) is 0 Å². The van der Waals surface area contributed by atoms with E-state index in [0.717, 1.165) is 50.9 Å². The molecule has 6 fully saturated rings. The quantitative estimate of drug-likeness (QED) is 0.323. The molecule has 0 radical (unpaired) electrons. The highest BCUT2D eigenvalue weighted by Gasteiger charge is 2.64. The van der Waals surface area contributed by atoms with Crippen molar-refractivity contribution in [1.29, 1.82) is 0 Å². The number of epoxide rings is 1. The Morgan fingerprint density at radius 3 is 2.28 bits per heavy atom. The van der Waals surface area contributed by atoms with E-state index < -0.39 is 0 Å². The molecular weight excluding hydrogens is 452 g/mol. The van der Waals surface area contributed by atoms with Crippen LogP contribution < -0.4 is 0 Å². The molecule has 7 aliphatic rings. The minimum absolute atomic E-state index is 0.0108. The predicted octanol–water partition coefficient (Wildman–Crippen LogP) is 6.40. The van der Waals surface area contributed by atoms with Crippen molar-refractivity contribution in [3.63, 3.8) is 0 Å². The summed E-state index contributed by atoms with van der Waals surface area (Å²) in [5.74, 6) is 2.90. The molecule has 7 rings (SSSR count). The lowest BCUT2D eigenvalue weighted by molar-refractivity contribution is -0.216. The topological polar surface area (TPSA) is 49.5 Å². The fraction of sp³-hybridized carbons (Fsp3) is 0.935. The van der Waals surface area contributed by atoms with Crippen molar-refractivity contribution < 1.29 is 23.7 Å². The van der Waals surface area contributed by atoms with Crippen LogP contribution in [0, 0.1) is 34.5 Å². The van der Waals surface area contributed by atoms with E-state index in [1.165, 1.54) is 64.2 Å². The predicted molar refractivity (Wildman–Crippen MR) is 137 cm³/mol. The summed E-state index contributed by atoms with van der Waals surface area (Å²) >= 11 is 0. The summed E-state index contributed by atoms with van der Waals surface area (Å²) in [6.45, 7) is 7.86. The lowest BCUT2D eigenvalue weighted by atomic mass is 9.47. The number of fused-ring (bicyclic) bond motifs is 5. The van der Waals surface area contributed by atoms with Gasteiger partial charge in [-0.2, -0.15) is 0 Å². The molecule has 0 N–H and O–H groups in total. The molecule has 0 aromatic rings. The van der Waals surface area contributed by atoms with Crippen LogP contribution in [0.5, 0.6) is 0 Å². The first kappa shape index (κ1) is 24.6. The zero-order chi connectivity index (χ0) is 24.3. The van der Waals surface area contributed by atoms with Gasteiger partial charge in [-0.15, -0.1) is 0 Å². The molecule has 0 amide bonds. The molecule has 11 atom stereocenters. The van der Waals surface area contributed by atoms with Gasteiger partial charge < -0.3 is 23.7 Å². The molecule has 3 saturated heterocycles. The standard InChI is InChI=1S/C31H48O5/c1-30-13-11-21(35-27-7-3-5-15-32-27)17-20(30)9-10-22-24(30)12-14-31(2)26(36-28-8-4-6-16-33-28)18-23(29(22)31)25-19-34-25/h9,21-29H,3-8,10-19H2,1-2H3/t21-,22+,23-,24-,25?,26-,27?,28?,29+,30-,31+/m0/s1. The highest BCUT2D eigenvalue weighted by molar-refractivity contribution is 5.26. The Kier molecular flexibility index (Phi) is 6.57. The number of rotatable bonds is 5. The maximum Gasteiger partial charge on any atom is 0.157 e. The van der Waals surface area contributed by atoms with Crippen LogP contribution in [0.2, 0.25) is 0 Å². The summed E-state index contributed by atoms with van der Waals surface area (Å²) in [6, 6.07) is 0. The van der Waals surface area contributed by atoms with Crippen molar-refractivity contribution in [2.75, 3.05) is 19.8 Å². The summed E-state index contributed by atoms with van der Waals surface area (Å²) in [5, 5.41) is 0. The fourth-order valence-corrected chi connectivity index (χ4v) is 9.80. The molecule has 3 unspecified atom stereocenters. The van der Waals surface area contributed by atoms with E-state index >= 15 is 0 Å². The smallest absolute Gasteiger partial charge is 0.157 e. The van der Waals surface area contributed by atoms with Crippen LogP contribution in [0.1, 0.15) is 97.3 Å². The maximum absolute atomic E-state index is 6.81. The van der Waals surface area contributed by atoms with Gasteiger partial charge in [0.15, 0.2) is 12.6 Å². The van der Waals surface area contributed by atoms with Crippen molar-refractivity contribution in [2.24, 2.45) is 34.5 Å². The Morgan fingerprint density at radius 1 is 0.833 bits per heavy atom. The van der Waals surface area contributed by atoms with Crippen LogP contribution in [-0.4, -0.2) is 50.7 Å². The summed E-state index contributed by atoms with van der Waals surface area (Å²) in [5.41, 5.74) is 2.27. The second-order valence-corrected chi connectivity index (χ2v) is 13.7. The second-order valence-electron chi connectivity index (χ2n) is 13.7. The van der Waals surface area contributed by atoms with Crippen molar-refractivity contribution in [1.82, 2.24) is 0 Å². The molecule has 4 aliphatic carbocycles. The molecule has 3 heterocycles. The molecule has 0 bridgehead atoms. The molecule has 0 spiro atoms. The average Bonchev–Trinajstić information content (AvgIpc) is 3.69. The Bertz CT molecular complexity index is 827. The van der Waals surface area contributed by atoms with Gasteiger partial charge in [-0.3, -0.25) is 0 Å². The van der Waals surface area contributed by atoms with Gasteiger partial charge in [-0.25, -0.2) is 0 Å². The Balaban J connectivity index is 1.10. The summed E-state index contributed by atoms with van der Waals surface area (Å²) < 4.78 is 31.3. The molecule has 0 aromatic heterocycles. The van der Waals surface area contributed by atoms with Crippen LogP contribution >= 0.6 is 0 Å². The first-order chi connectivity index (χ1) is 17.5. The van der Waals surface area contributed by atoms with Gasteiger partial charge in [0, 0.05) is 13.2 Å². The summed E-state index contributed by atoms with van der Waals surface area (Å²) in [6.07, 6.45) is 19.4. The third kappa shape index (κ3) is 4.24. The first-order valence-electron chi connectivity index (χ1n) is 15.4. The van der Waals surface area contributed by atoms with Crippen LogP contribution in [0.3, 0.4) is 0 Å². The van der Waals surface area contributed by atoms with Crippen LogP contribution in [0.15, 0.2) is 11.6 Å². The van der Waals surface area contributed by atoms with Gasteiger partial charge in [0.1, 0.15) is 0 Å². The molecule has 36 heavy (non-hydrogen) atoms. The van der Waals surface area contributed by atoms with Gasteiger partial charge >= 0.3 is 0 Å². The van der Waals surface area contributed by atoms with Crippen LogP contribution in [0.4, 0.5) is 0 Å². The average molecular weight is 501 g/mol. The van der Waals surface area contributed by atoms with Crippen molar-refractivity contribution in [3.8, 4) is 0 Å². The number of allylic oxidation sites excluding steroid dienone is 1. The molecule has 3 aliphatic heterocycles. The zero-order valence-corrected chi connectivity index (χ0v) is 22.6. The third-order valence-electron chi connectivity index (χ3n) is 11.8. The molecule has 5 nitrogen and oxygen atoms in total. The Hall–Kier alpha value is -0.460. The molecule has 0 aromatic carbocycles. The van der Waals surface area contributed by atoms with Gasteiger partial charge in [-0.1, -0.05) is 25.5 Å². The fourth-order valence-electron chi connectivity index (χ4n) is 9.80. The summed E-state index contributed by atoms with van der Waals surface area (Å²) in [7, 11) is 0. The van der Waals surface area contributed by atoms with Gasteiger partial charge in [0.05, 0.1) is 24.9 Å². The SMILES string of the molecule is C[C@]12CC[C@H]3[C@@H](CC=C4C[C@@H](OC5CCCCO5)CC[C@@]43C)[C@@H]1[C@H](C1CO1)C[C@@H]2OC1CCCCO1. The minimum atomic E-state index is 0.0108.